The molecule has 6 nitrogen and oxygen atoms in total. The van der Waals surface area contributed by atoms with E-state index in [9.17, 15) is 9.59 Å². The predicted octanol–water partition coefficient (Wildman–Crippen LogP) is 0.124. The van der Waals surface area contributed by atoms with Crippen LogP contribution >= 0.6 is 0 Å². The van der Waals surface area contributed by atoms with Gasteiger partial charge in [-0.3, -0.25) is 19.8 Å². The van der Waals surface area contributed by atoms with Crippen molar-refractivity contribution in [2.75, 3.05) is 19.4 Å². The number of anilines is 1. The second kappa shape index (κ2) is 5.27. The van der Waals surface area contributed by atoms with Gasteiger partial charge in [0.1, 0.15) is 5.75 Å². The number of nitrogen functional groups attached to an aromatic ring is 1. The van der Waals surface area contributed by atoms with Gasteiger partial charge in [0.2, 0.25) is 11.8 Å². The number of methoxy groups -OCH3 is 1. The topological polar surface area (TPSA) is 84.7 Å². The van der Waals surface area contributed by atoms with Gasteiger partial charge < -0.3 is 10.5 Å². The quantitative estimate of drug-likeness (QED) is 0.598. The molecule has 0 radical (unpaired) electrons. The number of hydrogen-bond donors (Lipinski definition) is 2. The highest BCUT2D eigenvalue weighted by Crippen LogP contribution is 2.24. The summed E-state index contributed by atoms with van der Waals surface area (Å²) in [6.45, 7) is 2.43. The molecule has 102 valence electrons. The molecule has 0 aliphatic carbocycles. The maximum Gasteiger partial charge on any atom is 0.243 e. The molecule has 2 rings (SSSR count). The molecule has 19 heavy (non-hydrogen) atoms. The summed E-state index contributed by atoms with van der Waals surface area (Å²) in [4.78, 5) is 24.8. The summed E-state index contributed by atoms with van der Waals surface area (Å²) in [6.07, 6.45) is 0. The maximum atomic E-state index is 11.6. The number of rotatable bonds is 3. The zero-order chi connectivity index (χ0) is 14.0. The lowest BCUT2D eigenvalue weighted by atomic mass is 10.1. The number of nitrogens with two attached hydrogens (primary N) is 1. The van der Waals surface area contributed by atoms with Crippen LogP contribution in [-0.2, 0) is 16.1 Å². The first-order chi connectivity index (χ1) is 9.01. The monoisotopic (exact) mass is 263 g/mol. The van der Waals surface area contributed by atoms with Crippen LogP contribution in [0.2, 0.25) is 0 Å². The first-order valence-electron chi connectivity index (χ1n) is 6.01. The molecular formula is C13H17N3O3. The summed E-state index contributed by atoms with van der Waals surface area (Å²) < 4.78 is 5.26. The minimum Gasteiger partial charge on any atom is -0.496 e. The van der Waals surface area contributed by atoms with Crippen molar-refractivity contribution in [3.05, 3.63) is 23.8 Å². The summed E-state index contributed by atoms with van der Waals surface area (Å²) >= 11 is 0. The third-order valence-corrected chi connectivity index (χ3v) is 3.22. The van der Waals surface area contributed by atoms with Crippen molar-refractivity contribution in [3.63, 3.8) is 0 Å². The summed E-state index contributed by atoms with van der Waals surface area (Å²) in [5.74, 6) is 0.105. The molecule has 1 saturated heterocycles. The fourth-order valence-electron chi connectivity index (χ4n) is 2.07. The van der Waals surface area contributed by atoms with Gasteiger partial charge in [-0.2, -0.15) is 0 Å². The predicted molar refractivity (Wildman–Crippen MR) is 70.4 cm³/mol. The van der Waals surface area contributed by atoms with Gasteiger partial charge in [-0.15, -0.1) is 0 Å². The lowest BCUT2D eigenvalue weighted by molar-refractivity contribution is -0.139. The van der Waals surface area contributed by atoms with Crippen molar-refractivity contribution in [2.45, 2.75) is 19.5 Å². The average molecular weight is 263 g/mol. The summed E-state index contributed by atoms with van der Waals surface area (Å²) in [5, 5.41) is 2.31. The molecule has 1 heterocycles. The van der Waals surface area contributed by atoms with Crippen LogP contribution in [0.5, 0.6) is 5.75 Å². The largest absolute Gasteiger partial charge is 0.496 e. The number of carbonyl (C=O) groups is 2. The number of nitrogens with zero attached hydrogens (tertiary/aromatic N) is 1. The number of ether oxygens (including phenoxy) is 1. The Morgan fingerprint density at radius 3 is 2.89 bits per heavy atom. The lowest BCUT2D eigenvalue weighted by Gasteiger charge is -2.31. The van der Waals surface area contributed by atoms with Gasteiger partial charge in [0.05, 0.1) is 19.7 Å². The Morgan fingerprint density at radius 2 is 2.21 bits per heavy atom. The Kier molecular flexibility index (Phi) is 3.71. The molecule has 0 aromatic heterocycles. The van der Waals surface area contributed by atoms with Crippen LogP contribution in [0.1, 0.15) is 12.5 Å². The SMILES string of the molecule is COc1cc(N)ccc1CN1CC(=O)NC(=O)C1C. The standard InChI is InChI=1S/C13H17N3O3/c1-8-13(18)15-12(17)7-16(8)6-9-3-4-10(14)5-11(9)19-2/h3-5,8H,6-7,14H2,1-2H3,(H,15,17,18). The van der Waals surface area contributed by atoms with Crippen LogP contribution in [0.25, 0.3) is 0 Å². The first-order valence-corrected chi connectivity index (χ1v) is 6.01. The Labute approximate surface area is 111 Å². The molecule has 0 spiro atoms. The van der Waals surface area contributed by atoms with Gasteiger partial charge in [-0.25, -0.2) is 0 Å². The zero-order valence-corrected chi connectivity index (χ0v) is 11.0. The molecule has 1 atom stereocenters. The molecule has 1 aliphatic rings. The van der Waals surface area contributed by atoms with Crippen LogP contribution < -0.4 is 15.8 Å². The Bertz CT molecular complexity index is 516. The van der Waals surface area contributed by atoms with Crippen molar-refractivity contribution < 1.29 is 14.3 Å². The van der Waals surface area contributed by atoms with Crippen LogP contribution in [0, 0.1) is 0 Å². The van der Waals surface area contributed by atoms with Crippen LogP contribution in [0.15, 0.2) is 18.2 Å². The molecule has 0 bridgehead atoms. The van der Waals surface area contributed by atoms with Gasteiger partial charge in [0, 0.05) is 23.9 Å². The highest BCUT2D eigenvalue weighted by atomic mass is 16.5. The van der Waals surface area contributed by atoms with E-state index in [4.69, 9.17) is 10.5 Å². The van der Waals surface area contributed by atoms with Gasteiger partial charge in [-0.05, 0) is 13.0 Å². The second-order valence-corrected chi connectivity index (χ2v) is 4.56. The molecule has 1 aliphatic heterocycles. The smallest absolute Gasteiger partial charge is 0.243 e. The highest BCUT2D eigenvalue weighted by Gasteiger charge is 2.30. The minimum atomic E-state index is -0.347. The van der Waals surface area contributed by atoms with E-state index in [1.807, 2.05) is 6.07 Å². The van der Waals surface area contributed by atoms with Crippen molar-refractivity contribution in [1.82, 2.24) is 10.2 Å². The van der Waals surface area contributed by atoms with E-state index in [1.165, 1.54) is 0 Å². The van der Waals surface area contributed by atoms with Crippen molar-refractivity contribution >= 4 is 17.5 Å². The fourth-order valence-corrected chi connectivity index (χ4v) is 2.07. The molecule has 1 fully saturated rings. The third kappa shape index (κ3) is 2.85. The average Bonchev–Trinajstić information content (AvgIpc) is 2.37. The summed E-state index contributed by atoms with van der Waals surface area (Å²) in [7, 11) is 1.57. The number of nitrogens with one attached hydrogen (secondary N) is 1. The third-order valence-electron chi connectivity index (χ3n) is 3.22. The summed E-state index contributed by atoms with van der Waals surface area (Å²) in [6, 6.07) is 5.00. The first kappa shape index (κ1) is 13.4. The minimum absolute atomic E-state index is 0.195. The van der Waals surface area contributed by atoms with Gasteiger partial charge in [0.25, 0.3) is 0 Å². The van der Waals surface area contributed by atoms with Crippen molar-refractivity contribution in [2.24, 2.45) is 0 Å². The number of hydrogen-bond acceptors (Lipinski definition) is 5. The number of benzene rings is 1. The second-order valence-electron chi connectivity index (χ2n) is 4.56. The van der Waals surface area contributed by atoms with E-state index in [1.54, 1.807) is 31.1 Å². The lowest BCUT2D eigenvalue weighted by Crippen LogP contribution is -2.56. The zero-order valence-electron chi connectivity index (χ0n) is 11.0. The number of amides is 2. The van der Waals surface area contributed by atoms with Crippen LogP contribution in [0.3, 0.4) is 0 Å². The van der Waals surface area contributed by atoms with E-state index >= 15 is 0 Å². The van der Waals surface area contributed by atoms with Crippen molar-refractivity contribution in [3.8, 4) is 5.75 Å². The fraction of sp³-hybridized carbons (Fsp3) is 0.385. The van der Waals surface area contributed by atoms with E-state index < -0.39 is 0 Å². The van der Waals surface area contributed by atoms with E-state index in [-0.39, 0.29) is 24.4 Å². The van der Waals surface area contributed by atoms with Crippen LogP contribution in [0.4, 0.5) is 5.69 Å². The summed E-state index contributed by atoms with van der Waals surface area (Å²) in [5.41, 5.74) is 7.20. The molecular weight excluding hydrogens is 246 g/mol. The number of carbonyl (C=O) groups excluding carboxylic acids is 2. The van der Waals surface area contributed by atoms with E-state index in [0.29, 0.717) is 18.0 Å². The number of imide groups is 1. The number of piperazine rings is 1. The highest BCUT2D eigenvalue weighted by molar-refractivity contribution is 6.00. The molecule has 2 amide bonds. The Balaban J connectivity index is 2.20. The molecule has 1 aromatic rings. The molecule has 6 heteroatoms. The van der Waals surface area contributed by atoms with Gasteiger partial charge in [-0.1, -0.05) is 6.07 Å². The van der Waals surface area contributed by atoms with E-state index in [2.05, 4.69) is 5.32 Å². The van der Waals surface area contributed by atoms with Crippen LogP contribution in [-0.4, -0.2) is 36.4 Å². The molecule has 1 aromatic carbocycles. The van der Waals surface area contributed by atoms with Gasteiger partial charge in [0.15, 0.2) is 0 Å². The molecule has 1 unspecified atom stereocenters. The van der Waals surface area contributed by atoms with Gasteiger partial charge >= 0.3 is 0 Å². The maximum absolute atomic E-state index is 11.6. The molecule has 0 saturated carbocycles. The van der Waals surface area contributed by atoms with E-state index in [0.717, 1.165) is 5.56 Å². The normalized spacial score (nSPS) is 20.2. The Morgan fingerprint density at radius 1 is 1.47 bits per heavy atom. The Hall–Kier alpha value is -2.08. The molecule has 3 N–H and O–H groups in total. The van der Waals surface area contributed by atoms with Crippen molar-refractivity contribution in [1.29, 1.82) is 0 Å².